The van der Waals surface area contributed by atoms with Crippen LogP contribution in [0.15, 0.2) is 17.5 Å². The van der Waals surface area contributed by atoms with E-state index in [0.29, 0.717) is 6.42 Å². The first-order chi connectivity index (χ1) is 9.10. The second kappa shape index (κ2) is 5.74. The van der Waals surface area contributed by atoms with Gasteiger partial charge in [0, 0.05) is 4.88 Å². The van der Waals surface area contributed by atoms with Crippen molar-refractivity contribution in [1.29, 1.82) is 0 Å². The molecule has 1 N–H and O–H groups in total. The zero-order valence-electron chi connectivity index (χ0n) is 11.6. The van der Waals surface area contributed by atoms with Crippen LogP contribution in [0.25, 0.3) is 0 Å². The molecule has 2 heterocycles. The third kappa shape index (κ3) is 2.52. The second-order valence-electron chi connectivity index (χ2n) is 4.84. The van der Waals surface area contributed by atoms with Crippen molar-refractivity contribution >= 4 is 23.2 Å². The summed E-state index contributed by atoms with van der Waals surface area (Å²) < 4.78 is 0. The Morgan fingerprint density at radius 3 is 2.68 bits per heavy atom. The fourth-order valence-electron chi connectivity index (χ4n) is 2.64. The smallest absolute Gasteiger partial charge is 0.246 e. The zero-order chi connectivity index (χ0) is 14.0. The highest BCUT2D eigenvalue weighted by molar-refractivity contribution is 7.10. The zero-order valence-corrected chi connectivity index (χ0v) is 12.4. The monoisotopic (exact) mass is 280 g/mol. The summed E-state index contributed by atoms with van der Waals surface area (Å²) >= 11 is 1.64. The maximum atomic E-state index is 12.5. The number of nitrogens with zero attached hydrogens (tertiary/aromatic N) is 1. The van der Waals surface area contributed by atoms with Crippen molar-refractivity contribution in [3.8, 4) is 0 Å². The largest absolute Gasteiger partial charge is 0.343 e. The quantitative estimate of drug-likeness (QED) is 0.920. The Bertz CT molecular complexity index is 458. The minimum Gasteiger partial charge on any atom is -0.343 e. The molecule has 1 aliphatic heterocycles. The van der Waals surface area contributed by atoms with Gasteiger partial charge < -0.3 is 10.2 Å². The van der Waals surface area contributed by atoms with Crippen LogP contribution in [-0.4, -0.2) is 28.8 Å². The van der Waals surface area contributed by atoms with Gasteiger partial charge in [0.15, 0.2) is 0 Å². The maximum Gasteiger partial charge on any atom is 0.246 e. The Labute approximate surface area is 117 Å². The van der Waals surface area contributed by atoms with Crippen LogP contribution in [0.1, 0.15) is 44.5 Å². The van der Waals surface area contributed by atoms with Gasteiger partial charge in [0.1, 0.15) is 12.1 Å². The summed E-state index contributed by atoms with van der Waals surface area (Å²) in [5.74, 6) is -0.0173. The number of amides is 2. The van der Waals surface area contributed by atoms with E-state index in [-0.39, 0.29) is 23.9 Å². The molecule has 0 radical (unpaired) electrons. The van der Waals surface area contributed by atoms with Crippen molar-refractivity contribution in [1.82, 2.24) is 10.2 Å². The minimum absolute atomic E-state index is 0.00551. The fourth-order valence-corrected chi connectivity index (χ4v) is 3.55. The van der Waals surface area contributed by atoms with Crippen LogP contribution in [0.2, 0.25) is 0 Å². The van der Waals surface area contributed by atoms with Crippen LogP contribution in [0.3, 0.4) is 0 Å². The van der Waals surface area contributed by atoms with Gasteiger partial charge in [0.25, 0.3) is 0 Å². The number of thiophene rings is 1. The van der Waals surface area contributed by atoms with Gasteiger partial charge in [0.2, 0.25) is 11.8 Å². The third-order valence-electron chi connectivity index (χ3n) is 3.60. The molecular formula is C14H20N2O2S. The molecule has 0 spiro atoms. The molecule has 3 atom stereocenters. The summed E-state index contributed by atoms with van der Waals surface area (Å²) in [4.78, 5) is 27.5. The van der Waals surface area contributed by atoms with Crippen molar-refractivity contribution in [3.63, 3.8) is 0 Å². The van der Waals surface area contributed by atoms with E-state index in [9.17, 15) is 9.59 Å². The van der Waals surface area contributed by atoms with Gasteiger partial charge in [-0.25, -0.2) is 0 Å². The summed E-state index contributed by atoms with van der Waals surface area (Å²) in [5.41, 5.74) is 0. The molecule has 4 nitrogen and oxygen atoms in total. The first-order valence-electron chi connectivity index (χ1n) is 6.76. The van der Waals surface area contributed by atoms with E-state index in [1.165, 1.54) is 0 Å². The van der Waals surface area contributed by atoms with Gasteiger partial charge in [-0.1, -0.05) is 19.9 Å². The summed E-state index contributed by atoms with van der Waals surface area (Å²) in [7, 11) is 0. The Morgan fingerprint density at radius 2 is 2.16 bits per heavy atom. The highest BCUT2D eigenvalue weighted by Crippen LogP contribution is 2.32. The summed E-state index contributed by atoms with van der Waals surface area (Å²) in [6.07, 6.45) is 1.47. The van der Waals surface area contributed by atoms with Crippen LogP contribution in [0.4, 0.5) is 0 Å². The van der Waals surface area contributed by atoms with Crippen LogP contribution in [0.5, 0.6) is 0 Å². The molecule has 2 amide bonds. The standard InChI is InChI=1S/C14H20N2O2S/c1-4-10(12-7-6-8-19-12)16-11(5-2)13(17)15-9(3)14(16)18/h6-11H,4-5H2,1-3H3,(H,15,17). The highest BCUT2D eigenvalue weighted by Gasteiger charge is 2.41. The number of rotatable bonds is 4. The van der Waals surface area contributed by atoms with E-state index >= 15 is 0 Å². The lowest BCUT2D eigenvalue weighted by Crippen LogP contribution is -2.62. The molecule has 0 aliphatic carbocycles. The summed E-state index contributed by atoms with van der Waals surface area (Å²) in [6, 6.07) is 3.25. The molecule has 1 aliphatic rings. The predicted molar refractivity (Wildman–Crippen MR) is 75.9 cm³/mol. The number of carbonyl (C=O) groups excluding carboxylic acids is 2. The molecule has 104 valence electrons. The van der Waals surface area contributed by atoms with E-state index < -0.39 is 6.04 Å². The molecule has 5 heteroatoms. The molecule has 3 unspecified atom stereocenters. The average Bonchev–Trinajstić information content (AvgIpc) is 2.90. The van der Waals surface area contributed by atoms with Crippen molar-refractivity contribution in [2.75, 3.05) is 0 Å². The first-order valence-corrected chi connectivity index (χ1v) is 7.64. The number of nitrogens with one attached hydrogen (secondary N) is 1. The molecule has 2 rings (SSSR count). The van der Waals surface area contributed by atoms with Gasteiger partial charge in [-0.15, -0.1) is 11.3 Å². The molecular weight excluding hydrogens is 260 g/mol. The van der Waals surface area contributed by atoms with Crippen LogP contribution in [0, 0.1) is 0 Å². The molecule has 0 saturated carbocycles. The average molecular weight is 280 g/mol. The van der Waals surface area contributed by atoms with E-state index in [1.54, 1.807) is 23.2 Å². The van der Waals surface area contributed by atoms with E-state index in [0.717, 1.165) is 11.3 Å². The van der Waals surface area contributed by atoms with Crippen molar-refractivity contribution in [2.24, 2.45) is 0 Å². The molecule has 1 saturated heterocycles. The maximum absolute atomic E-state index is 12.5. The molecule has 1 fully saturated rings. The number of carbonyl (C=O) groups is 2. The van der Waals surface area contributed by atoms with Gasteiger partial charge in [-0.3, -0.25) is 9.59 Å². The highest BCUT2D eigenvalue weighted by atomic mass is 32.1. The summed E-state index contributed by atoms with van der Waals surface area (Å²) in [6.45, 7) is 5.75. The van der Waals surface area contributed by atoms with Gasteiger partial charge in [-0.05, 0) is 31.2 Å². The lowest BCUT2D eigenvalue weighted by Gasteiger charge is -2.42. The second-order valence-corrected chi connectivity index (χ2v) is 5.82. The van der Waals surface area contributed by atoms with Crippen molar-refractivity contribution in [3.05, 3.63) is 22.4 Å². The predicted octanol–water partition coefficient (Wildman–Crippen LogP) is 2.32. The molecule has 1 aromatic rings. The van der Waals surface area contributed by atoms with Crippen LogP contribution >= 0.6 is 11.3 Å². The van der Waals surface area contributed by atoms with Gasteiger partial charge >= 0.3 is 0 Å². The SMILES string of the molecule is CCC1C(=O)NC(C)C(=O)N1C(CC)c1cccs1. The van der Waals surface area contributed by atoms with Gasteiger partial charge in [0.05, 0.1) is 6.04 Å². The number of piperazine rings is 1. The Morgan fingerprint density at radius 1 is 1.42 bits per heavy atom. The minimum atomic E-state index is -0.427. The van der Waals surface area contributed by atoms with Crippen molar-refractivity contribution in [2.45, 2.75) is 51.7 Å². The Kier molecular flexibility index (Phi) is 4.24. The lowest BCUT2D eigenvalue weighted by atomic mass is 10.0. The van der Waals surface area contributed by atoms with Crippen molar-refractivity contribution < 1.29 is 9.59 Å². The van der Waals surface area contributed by atoms with E-state index in [2.05, 4.69) is 12.2 Å². The number of hydrogen-bond acceptors (Lipinski definition) is 3. The molecule has 1 aromatic heterocycles. The normalized spacial score (nSPS) is 25.3. The first kappa shape index (κ1) is 14.1. The van der Waals surface area contributed by atoms with Crippen LogP contribution in [-0.2, 0) is 9.59 Å². The third-order valence-corrected chi connectivity index (χ3v) is 4.58. The number of hydrogen-bond donors (Lipinski definition) is 1. The Hall–Kier alpha value is -1.36. The topological polar surface area (TPSA) is 49.4 Å². The lowest BCUT2D eigenvalue weighted by molar-refractivity contribution is -0.152. The van der Waals surface area contributed by atoms with Crippen LogP contribution < -0.4 is 5.32 Å². The van der Waals surface area contributed by atoms with E-state index in [4.69, 9.17) is 0 Å². The van der Waals surface area contributed by atoms with E-state index in [1.807, 2.05) is 24.4 Å². The molecule has 0 bridgehead atoms. The van der Waals surface area contributed by atoms with Gasteiger partial charge in [-0.2, -0.15) is 0 Å². The Balaban J connectivity index is 2.36. The molecule has 19 heavy (non-hydrogen) atoms. The fraction of sp³-hybridized carbons (Fsp3) is 0.571. The molecule has 0 aromatic carbocycles. The summed E-state index contributed by atoms with van der Waals surface area (Å²) in [5, 5.41) is 4.77.